The molecular weight excluding hydrogens is 340 g/mol. The average molecular weight is 354 g/mol. The van der Waals surface area contributed by atoms with Gasteiger partial charge >= 0.3 is 0 Å². The van der Waals surface area contributed by atoms with Gasteiger partial charge in [-0.15, -0.1) is 0 Å². The number of hydrogen-bond acceptors (Lipinski definition) is 2. The van der Waals surface area contributed by atoms with E-state index in [-0.39, 0.29) is 0 Å². The van der Waals surface area contributed by atoms with Gasteiger partial charge in [-0.05, 0) is 37.0 Å². The molecule has 0 unspecified atom stereocenters. The molecule has 0 amide bonds. The zero-order valence-electron chi connectivity index (χ0n) is 10.2. The molecule has 0 saturated carbocycles. The van der Waals surface area contributed by atoms with Crippen LogP contribution in [0, 0.1) is 17.6 Å². The Hall–Kier alpha value is -0.530. The first kappa shape index (κ1) is 14.9. The zero-order valence-corrected chi connectivity index (χ0v) is 12.6. The highest BCUT2D eigenvalue weighted by molar-refractivity contribution is 9.09. The van der Waals surface area contributed by atoms with Gasteiger partial charge in [0.15, 0.2) is 0 Å². The van der Waals surface area contributed by atoms with Crippen LogP contribution in [0.25, 0.3) is 0 Å². The average Bonchev–Trinajstić information content (AvgIpc) is 2.41. The molecule has 1 fully saturated rings. The van der Waals surface area contributed by atoms with E-state index in [1.165, 1.54) is 4.31 Å². The lowest BCUT2D eigenvalue weighted by atomic mass is 10.0. The van der Waals surface area contributed by atoms with Crippen molar-refractivity contribution in [3.8, 4) is 0 Å². The Morgan fingerprint density at radius 3 is 2.47 bits per heavy atom. The highest BCUT2D eigenvalue weighted by atomic mass is 79.9. The molecule has 1 aliphatic heterocycles. The predicted octanol–water partition coefficient (Wildman–Crippen LogP) is 2.76. The summed E-state index contributed by atoms with van der Waals surface area (Å²) < 4.78 is 52.4. The first-order valence-electron chi connectivity index (χ1n) is 5.96. The highest BCUT2D eigenvalue weighted by Crippen LogP contribution is 2.26. The van der Waals surface area contributed by atoms with E-state index in [0.717, 1.165) is 36.4 Å². The van der Waals surface area contributed by atoms with Gasteiger partial charge in [0, 0.05) is 18.4 Å². The second-order valence-electron chi connectivity index (χ2n) is 4.58. The van der Waals surface area contributed by atoms with Crippen LogP contribution in [0.2, 0.25) is 0 Å². The van der Waals surface area contributed by atoms with Crippen LogP contribution in [0.5, 0.6) is 0 Å². The maximum Gasteiger partial charge on any atom is 0.246 e. The van der Waals surface area contributed by atoms with Gasteiger partial charge in [-0.3, -0.25) is 0 Å². The van der Waals surface area contributed by atoms with Crippen molar-refractivity contribution in [3.63, 3.8) is 0 Å². The molecule has 0 bridgehead atoms. The molecular formula is C12H14BrF2NO2S. The quantitative estimate of drug-likeness (QED) is 0.783. The first-order chi connectivity index (χ1) is 8.95. The summed E-state index contributed by atoms with van der Waals surface area (Å²) in [5.74, 6) is -1.23. The molecule has 1 saturated heterocycles. The molecule has 19 heavy (non-hydrogen) atoms. The fourth-order valence-corrected chi connectivity index (χ4v) is 4.31. The normalized spacial score (nSPS) is 18.7. The molecule has 0 atom stereocenters. The van der Waals surface area contributed by atoms with E-state index in [2.05, 4.69) is 15.9 Å². The summed E-state index contributed by atoms with van der Waals surface area (Å²) in [7, 11) is -3.94. The summed E-state index contributed by atoms with van der Waals surface area (Å²) in [5, 5.41) is 0.829. The number of halogens is 3. The van der Waals surface area contributed by atoms with Crippen molar-refractivity contribution in [3.05, 3.63) is 29.8 Å². The van der Waals surface area contributed by atoms with Gasteiger partial charge in [0.05, 0.1) is 0 Å². The number of benzene rings is 1. The molecule has 0 spiro atoms. The van der Waals surface area contributed by atoms with Crippen molar-refractivity contribution in [2.24, 2.45) is 5.92 Å². The van der Waals surface area contributed by atoms with Gasteiger partial charge in [-0.25, -0.2) is 17.2 Å². The number of rotatable bonds is 3. The number of hydrogen-bond donors (Lipinski definition) is 0. The maximum absolute atomic E-state index is 13.6. The summed E-state index contributed by atoms with van der Waals surface area (Å²) in [4.78, 5) is -0.579. The zero-order chi connectivity index (χ0) is 14.0. The molecule has 0 N–H and O–H groups in total. The van der Waals surface area contributed by atoms with Crippen LogP contribution in [0.1, 0.15) is 12.8 Å². The van der Waals surface area contributed by atoms with Crippen molar-refractivity contribution >= 4 is 26.0 Å². The Morgan fingerprint density at radius 2 is 1.89 bits per heavy atom. The van der Waals surface area contributed by atoms with Crippen LogP contribution < -0.4 is 0 Å². The lowest BCUT2D eigenvalue weighted by molar-refractivity contribution is 0.291. The van der Waals surface area contributed by atoms with Gasteiger partial charge < -0.3 is 0 Å². The Labute approximate surface area is 119 Å². The minimum absolute atomic E-state index is 0.342. The first-order valence-corrected chi connectivity index (χ1v) is 8.52. The summed E-state index contributed by atoms with van der Waals surface area (Å²) in [5.41, 5.74) is 0. The van der Waals surface area contributed by atoms with Crippen LogP contribution >= 0.6 is 15.9 Å². The van der Waals surface area contributed by atoms with Crippen LogP contribution in [0.4, 0.5) is 8.78 Å². The molecule has 7 heteroatoms. The summed E-state index contributed by atoms with van der Waals surface area (Å²) in [6.07, 6.45) is 1.45. The fourth-order valence-electron chi connectivity index (χ4n) is 2.12. The third-order valence-corrected chi connectivity index (χ3v) is 6.13. The molecule has 1 aromatic carbocycles. The highest BCUT2D eigenvalue weighted by Gasteiger charge is 2.31. The van der Waals surface area contributed by atoms with Crippen LogP contribution in [-0.2, 0) is 10.0 Å². The van der Waals surface area contributed by atoms with Crippen molar-refractivity contribution in [1.82, 2.24) is 4.31 Å². The summed E-state index contributed by atoms with van der Waals surface area (Å²) >= 11 is 3.37. The largest absolute Gasteiger partial charge is 0.246 e. The van der Waals surface area contributed by atoms with E-state index in [0.29, 0.717) is 19.0 Å². The molecule has 3 nitrogen and oxygen atoms in total. The molecule has 1 aliphatic rings. The van der Waals surface area contributed by atoms with Gasteiger partial charge in [-0.2, -0.15) is 4.31 Å². The molecule has 1 aromatic rings. The lowest BCUT2D eigenvalue weighted by Gasteiger charge is -2.30. The van der Waals surface area contributed by atoms with E-state index in [1.807, 2.05) is 0 Å². The van der Waals surface area contributed by atoms with Gasteiger partial charge in [0.2, 0.25) is 10.0 Å². The standard InChI is InChI=1S/C12H14BrF2NO2S/c13-8-9-3-5-16(6-4-9)19(17,18)12-7-10(14)1-2-11(12)15/h1-2,7,9H,3-6,8H2. The van der Waals surface area contributed by atoms with Gasteiger partial charge in [0.25, 0.3) is 0 Å². The smallest absolute Gasteiger partial charge is 0.207 e. The molecule has 2 rings (SSSR count). The summed E-state index contributed by atoms with van der Waals surface area (Å²) in [6.45, 7) is 0.684. The predicted molar refractivity (Wildman–Crippen MR) is 71.6 cm³/mol. The van der Waals surface area contributed by atoms with E-state index in [1.54, 1.807) is 0 Å². The maximum atomic E-state index is 13.6. The Balaban J connectivity index is 2.26. The minimum Gasteiger partial charge on any atom is -0.207 e. The third kappa shape index (κ3) is 3.14. The molecule has 0 aromatic heterocycles. The van der Waals surface area contributed by atoms with E-state index >= 15 is 0 Å². The second-order valence-corrected chi connectivity index (χ2v) is 7.13. The van der Waals surface area contributed by atoms with E-state index in [4.69, 9.17) is 0 Å². The van der Waals surface area contributed by atoms with Crippen LogP contribution in [0.15, 0.2) is 23.1 Å². The number of piperidine rings is 1. The summed E-state index contributed by atoms with van der Waals surface area (Å²) in [6, 6.07) is 2.49. The van der Waals surface area contributed by atoms with Gasteiger partial charge in [-0.1, -0.05) is 15.9 Å². The SMILES string of the molecule is O=S(=O)(c1cc(F)ccc1F)N1CCC(CBr)CC1. The Kier molecular flexibility index (Phi) is 4.58. The Morgan fingerprint density at radius 1 is 1.26 bits per heavy atom. The van der Waals surface area contributed by atoms with Crippen molar-refractivity contribution in [2.45, 2.75) is 17.7 Å². The van der Waals surface area contributed by atoms with Gasteiger partial charge in [0.1, 0.15) is 16.5 Å². The number of nitrogens with zero attached hydrogens (tertiary/aromatic N) is 1. The van der Waals surface area contributed by atoms with Crippen molar-refractivity contribution < 1.29 is 17.2 Å². The lowest BCUT2D eigenvalue weighted by Crippen LogP contribution is -2.39. The monoisotopic (exact) mass is 353 g/mol. The number of alkyl halides is 1. The Bertz CT molecular complexity index is 557. The molecule has 1 heterocycles. The molecule has 106 valence electrons. The van der Waals surface area contributed by atoms with E-state index < -0.39 is 26.6 Å². The minimum atomic E-state index is -3.94. The topological polar surface area (TPSA) is 37.4 Å². The molecule has 0 aliphatic carbocycles. The second kappa shape index (κ2) is 5.85. The third-order valence-electron chi connectivity index (χ3n) is 3.30. The molecule has 0 radical (unpaired) electrons. The fraction of sp³-hybridized carbons (Fsp3) is 0.500. The van der Waals surface area contributed by atoms with Crippen molar-refractivity contribution in [1.29, 1.82) is 0 Å². The van der Waals surface area contributed by atoms with E-state index in [9.17, 15) is 17.2 Å². The van der Waals surface area contributed by atoms with Crippen molar-refractivity contribution in [2.75, 3.05) is 18.4 Å². The number of sulfonamides is 1. The van der Waals surface area contributed by atoms with Crippen LogP contribution in [-0.4, -0.2) is 31.1 Å². The van der Waals surface area contributed by atoms with Crippen LogP contribution in [0.3, 0.4) is 0 Å².